The van der Waals surface area contributed by atoms with Gasteiger partial charge in [0.15, 0.2) is 6.10 Å². The molecule has 2 N–H and O–H groups in total. The van der Waals surface area contributed by atoms with E-state index in [0.29, 0.717) is 6.04 Å². The van der Waals surface area contributed by atoms with Crippen LogP contribution in [0.3, 0.4) is 0 Å². The van der Waals surface area contributed by atoms with E-state index >= 15 is 0 Å². The molecule has 1 saturated carbocycles. The van der Waals surface area contributed by atoms with E-state index in [4.69, 9.17) is 4.74 Å². The number of hydrogen-bond acceptors (Lipinski definition) is 3. The maximum Gasteiger partial charge on any atom is 0.265 e. The number of amides is 1. The summed E-state index contributed by atoms with van der Waals surface area (Å²) >= 11 is 0. The van der Waals surface area contributed by atoms with E-state index in [1.54, 1.807) is 6.92 Å². The molecule has 1 amide bonds. The second-order valence-electron chi connectivity index (χ2n) is 6.04. The number of anilines is 2. The Morgan fingerprint density at radius 1 is 1.45 bits per heavy atom. The van der Waals surface area contributed by atoms with E-state index in [2.05, 4.69) is 17.6 Å². The Morgan fingerprint density at radius 3 is 2.95 bits per heavy atom. The molecule has 4 nitrogen and oxygen atoms in total. The fraction of sp³-hybridized carbons (Fsp3) is 0.562. The van der Waals surface area contributed by atoms with Gasteiger partial charge in [0.2, 0.25) is 0 Å². The minimum Gasteiger partial charge on any atom is -0.479 e. The lowest BCUT2D eigenvalue weighted by Crippen LogP contribution is -2.34. The maximum absolute atomic E-state index is 11.6. The number of benzene rings is 1. The molecule has 2 atom stereocenters. The molecule has 1 aliphatic heterocycles. The van der Waals surface area contributed by atoms with Crippen molar-refractivity contribution in [3.63, 3.8) is 0 Å². The largest absolute Gasteiger partial charge is 0.479 e. The van der Waals surface area contributed by atoms with Crippen LogP contribution in [0.5, 0.6) is 5.75 Å². The molecule has 20 heavy (non-hydrogen) atoms. The third-order valence-electron chi connectivity index (χ3n) is 4.24. The highest BCUT2D eigenvalue weighted by Crippen LogP contribution is 2.34. The van der Waals surface area contributed by atoms with E-state index in [-0.39, 0.29) is 5.91 Å². The van der Waals surface area contributed by atoms with E-state index in [1.165, 1.54) is 25.7 Å². The molecule has 1 aromatic rings. The molecule has 4 heteroatoms. The lowest BCUT2D eigenvalue weighted by Gasteiger charge is -2.29. The molecule has 0 radical (unpaired) electrons. The van der Waals surface area contributed by atoms with Crippen LogP contribution in [0.1, 0.15) is 39.5 Å². The molecule has 1 aromatic carbocycles. The van der Waals surface area contributed by atoms with Crippen molar-refractivity contribution >= 4 is 17.3 Å². The predicted molar refractivity (Wildman–Crippen MR) is 80.2 cm³/mol. The summed E-state index contributed by atoms with van der Waals surface area (Å²) in [7, 11) is 0. The smallest absolute Gasteiger partial charge is 0.265 e. The quantitative estimate of drug-likeness (QED) is 0.884. The van der Waals surface area contributed by atoms with Crippen LogP contribution in [-0.2, 0) is 4.79 Å². The number of carbonyl (C=O) groups is 1. The van der Waals surface area contributed by atoms with Crippen molar-refractivity contribution in [2.45, 2.75) is 51.7 Å². The number of fused-ring (bicyclic) bond motifs is 1. The summed E-state index contributed by atoms with van der Waals surface area (Å²) in [4.78, 5) is 11.6. The first-order valence-corrected chi connectivity index (χ1v) is 7.50. The summed E-state index contributed by atoms with van der Waals surface area (Å²) in [6.45, 7) is 3.97. The Kier molecular flexibility index (Phi) is 3.55. The van der Waals surface area contributed by atoms with E-state index < -0.39 is 6.10 Å². The lowest BCUT2D eigenvalue weighted by molar-refractivity contribution is -0.122. The number of hydrogen-bond donors (Lipinski definition) is 2. The predicted octanol–water partition coefficient (Wildman–Crippen LogP) is 3.40. The van der Waals surface area contributed by atoms with Crippen molar-refractivity contribution in [2.75, 3.05) is 10.6 Å². The standard InChI is InChI=1S/C16H22N2O2/c1-10(8-12-4-3-5-12)17-13-6-7-15-14(9-13)18-16(19)11(2)20-15/h6-7,9-12,17H,3-5,8H2,1-2H3,(H,18,19). The Labute approximate surface area is 119 Å². The zero-order valence-electron chi connectivity index (χ0n) is 12.1. The van der Waals surface area contributed by atoms with Crippen molar-refractivity contribution in [1.29, 1.82) is 0 Å². The molecule has 2 unspecified atom stereocenters. The molecular weight excluding hydrogens is 252 g/mol. The Morgan fingerprint density at radius 2 is 2.25 bits per heavy atom. The summed E-state index contributed by atoms with van der Waals surface area (Å²) in [5.74, 6) is 1.55. The van der Waals surface area contributed by atoms with Crippen molar-refractivity contribution in [3.8, 4) is 5.75 Å². The summed E-state index contributed by atoms with van der Waals surface area (Å²) < 4.78 is 5.56. The van der Waals surface area contributed by atoms with Gasteiger partial charge in [0.1, 0.15) is 5.75 Å². The van der Waals surface area contributed by atoms with Crippen LogP contribution in [0.15, 0.2) is 18.2 Å². The first-order valence-electron chi connectivity index (χ1n) is 7.50. The van der Waals surface area contributed by atoms with E-state index in [9.17, 15) is 4.79 Å². The average molecular weight is 274 g/mol. The van der Waals surface area contributed by atoms with Gasteiger partial charge in [-0.05, 0) is 44.4 Å². The first-order chi connectivity index (χ1) is 9.61. The number of nitrogens with one attached hydrogen (secondary N) is 2. The minimum absolute atomic E-state index is 0.0860. The van der Waals surface area contributed by atoms with Gasteiger partial charge >= 0.3 is 0 Å². The lowest BCUT2D eigenvalue weighted by atomic mass is 9.81. The highest BCUT2D eigenvalue weighted by Gasteiger charge is 2.24. The number of carbonyl (C=O) groups excluding carboxylic acids is 1. The first kappa shape index (κ1) is 13.3. The molecule has 1 aliphatic carbocycles. The summed E-state index contributed by atoms with van der Waals surface area (Å²) in [5, 5.41) is 6.39. The molecular formula is C16H22N2O2. The molecule has 1 fully saturated rings. The molecule has 0 bridgehead atoms. The topological polar surface area (TPSA) is 50.4 Å². The SMILES string of the molecule is CC(CC1CCC1)Nc1ccc2c(c1)NC(=O)C(C)O2. The second kappa shape index (κ2) is 5.35. The van der Waals surface area contributed by atoms with Crippen LogP contribution in [-0.4, -0.2) is 18.1 Å². The van der Waals surface area contributed by atoms with Crippen LogP contribution in [0, 0.1) is 5.92 Å². The average Bonchev–Trinajstić information content (AvgIpc) is 2.36. The third-order valence-corrected chi connectivity index (χ3v) is 4.24. The van der Waals surface area contributed by atoms with Gasteiger partial charge in [-0.1, -0.05) is 19.3 Å². The van der Waals surface area contributed by atoms with E-state index in [0.717, 1.165) is 23.0 Å². The molecule has 2 aliphatic rings. The van der Waals surface area contributed by atoms with E-state index in [1.807, 2.05) is 18.2 Å². The Hall–Kier alpha value is -1.71. The minimum atomic E-state index is -0.418. The summed E-state index contributed by atoms with van der Waals surface area (Å²) in [6, 6.07) is 6.35. The highest BCUT2D eigenvalue weighted by atomic mass is 16.5. The van der Waals surface area contributed by atoms with Crippen LogP contribution in [0.2, 0.25) is 0 Å². The highest BCUT2D eigenvalue weighted by molar-refractivity contribution is 5.98. The van der Waals surface area contributed by atoms with Crippen molar-refractivity contribution in [2.24, 2.45) is 5.92 Å². The Balaban J connectivity index is 1.65. The van der Waals surface area contributed by atoms with Crippen LogP contribution < -0.4 is 15.4 Å². The monoisotopic (exact) mass is 274 g/mol. The fourth-order valence-electron chi connectivity index (χ4n) is 2.87. The van der Waals surface area contributed by atoms with Crippen LogP contribution >= 0.6 is 0 Å². The van der Waals surface area contributed by atoms with Crippen LogP contribution in [0.4, 0.5) is 11.4 Å². The Bertz CT molecular complexity index is 511. The van der Waals surface area contributed by atoms with Crippen molar-refractivity contribution in [3.05, 3.63) is 18.2 Å². The second-order valence-corrected chi connectivity index (χ2v) is 6.04. The number of rotatable bonds is 4. The van der Waals surface area contributed by atoms with Gasteiger partial charge in [-0.15, -0.1) is 0 Å². The molecule has 0 aromatic heterocycles. The third kappa shape index (κ3) is 2.74. The van der Waals surface area contributed by atoms with Gasteiger partial charge in [-0.3, -0.25) is 4.79 Å². The summed E-state index contributed by atoms with van der Waals surface area (Å²) in [6.07, 6.45) is 4.93. The van der Waals surface area contributed by atoms with Gasteiger partial charge in [-0.25, -0.2) is 0 Å². The van der Waals surface area contributed by atoms with Gasteiger partial charge in [0.25, 0.3) is 5.91 Å². The zero-order chi connectivity index (χ0) is 14.1. The molecule has 3 rings (SSSR count). The van der Waals surface area contributed by atoms with Gasteiger partial charge in [0.05, 0.1) is 5.69 Å². The molecule has 108 valence electrons. The van der Waals surface area contributed by atoms with Gasteiger partial charge < -0.3 is 15.4 Å². The number of ether oxygens (including phenoxy) is 1. The molecule has 0 spiro atoms. The summed E-state index contributed by atoms with van der Waals surface area (Å²) in [5.41, 5.74) is 1.79. The zero-order valence-corrected chi connectivity index (χ0v) is 12.1. The molecule has 1 heterocycles. The van der Waals surface area contributed by atoms with Gasteiger partial charge in [-0.2, -0.15) is 0 Å². The normalized spacial score (nSPS) is 23.1. The molecule has 0 saturated heterocycles. The van der Waals surface area contributed by atoms with Gasteiger partial charge in [0, 0.05) is 11.7 Å². The maximum atomic E-state index is 11.6. The van der Waals surface area contributed by atoms with Crippen LogP contribution in [0.25, 0.3) is 0 Å². The fourth-order valence-corrected chi connectivity index (χ4v) is 2.87. The van der Waals surface area contributed by atoms with Crippen molar-refractivity contribution in [1.82, 2.24) is 0 Å². The van der Waals surface area contributed by atoms with Crippen molar-refractivity contribution < 1.29 is 9.53 Å².